The SMILES string of the molecule is COc1cc(F)cc(C(=O)/C=C/c2ccccc2)c1. The zero-order valence-electron chi connectivity index (χ0n) is 10.5. The number of benzene rings is 2. The van der Waals surface area contributed by atoms with Crippen LogP contribution >= 0.6 is 0 Å². The van der Waals surface area contributed by atoms with Crippen LogP contribution in [0.5, 0.6) is 5.75 Å². The third kappa shape index (κ3) is 3.52. The summed E-state index contributed by atoms with van der Waals surface area (Å²) < 4.78 is 18.2. The van der Waals surface area contributed by atoms with Crippen molar-refractivity contribution in [1.82, 2.24) is 0 Å². The molecule has 0 radical (unpaired) electrons. The number of hydrogen-bond acceptors (Lipinski definition) is 2. The molecule has 19 heavy (non-hydrogen) atoms. The lowest BCUT2D eigenvalue weighted by Gasteiger charge is -2.02. The van der Waals surface area contributed by atoms with Gasteiger partial charge in [-0.2, -0.15) is 0 Å². The Kier molecular flexibility index (Phi) is 4.08. The third-order valence-electron chi connectivity index (χ3n) is 2.62. The molecule has 0 bridgehead atoms. The van der Waals surface area contributed by atoms with E-state index in [0.29, 0.717) is 5.75 Å². The largest absolute Gasteiger partial charge is 0.497 e. The molecule has 0 aliphatic carbocycles. The third-order valence-corrected chi connectivity index (χ3v) is 2.62. The molecule has 2 nitrogen and oxygen atoms in total. The second-order valence-corrected chi connectivity index (χ2v) is 3.99. The highest BCUT2D eigenvalue weighted by Gasteiger charge is 2.06. The Balaban J connectivity index is 2.20. The van der Waals surface area contributed by atoms with Crippen molar-refractivity contribution < 1.29 is 13.9 Å². The maximum Gasteiger partial charge on any atom is 0.186 e. The summed E-state index contributed by atoms with van der Waals surface area (Å²) in [5, 5.41) is 0. The van der Waals surface area contributed by atoms with Crippen LogP contribution in [0.4, 0.5) is 4.39 Å². The number of carbonyl (C=O) groups excluding carboxylic acids is 1. The van der Waals surface area contributed by atoms with Crippen LogP contribution in [0.2, 0.25) is 0 Å². The molecule has 96 valence electrons. The first-order chi connectivity index (χ1) is 9.19. The van der Waals surface area contributed by atoms with Crippen molar-refractivity contribution in [2.24, 2.45) is 0 Å². The van der Waals surface area contributed by atoms with Crippen LogP contribution in [0.3, 0.4) is 0 Å². The number of methoxy groups -OCH3 is 1. The van der Waals surface area contributed by atoms with Crippen molar-refractivity contribution in [3.8, 4) is 5.75 Å². The first-order valence-corrected chi connectivity index (χ1v) is 5.81. The molecule has 2 aromatic carbocycles. The molecule has 0 atom stereocenters. The van der Waals surface area contributed by atoms with E-state index < -0.39 is 5.82 Å². The second-order valence-electron chi connectivity index (χ2n) is 3.99. The Morgan fingerprint density at radius 3 is 2.58 bits per heavy atom. The molecule has 0 heterocycles. The number of ketones is 1. The zero-order chi connectivity index (χ0) is 13.7. The predicted molar refractivity (Wildman–Crippen MR) is 72.8 cm³/mol. The van der Waals surface area contributed by atoms with Gasteiger partial charge in [0.05, 0.1) is 7.11 Å². The summed E-state index contributed by atoms with van der Waals surface area (Å²) in [6.45, 7) is 0. The van der Waals surface area contributed by atoms with Crippen molar-refractivity contribution >= 4 is 11.9 Å². The Morgan fingerprint density at radius 1 is 1.16 bits per heavy atom. The van der Waals surface area contributed by atoms with Gasteiger partial charge in [-0.05, 0) is 23.8 Å². The van der Waals surface area contributed by atoms with Gasteiger partial charge in [0.2, 0.25) is 0 Å². The van der Waals surface area contributed by atoms with Crippen LogP contribution < -0.4 is 4.74 Å². The fourth-order valence-corrected chi connectivity index (χ4v) is 1.66. The minimum absolute atomic E-state index is 0.262. The van der Waals surface area contributed by atoms with Gasteiger partial charge in [-0.1, -0.05) is 36.4 Å². The van der Waals surface area contributed by atoms with E-state index in [1.54, 1.807) is 6.08 Å². The lowest BCUT2D eigenvalue weighted by Crippen LogP contribution is -1.96. The van der Waals surface area contributed by atoms with Crippen LogP contribution in [0.15, 0.2) is 54.6 Å². The standard InChI is InChI=1S/C16H13FO2/c1-19-15-10-13(9-14(17)11-15)16(18)8-7-12-5-3-2-4-6-12/h2-11H,1H3/b8-7+. The summed E-state index contributed by atoms with van der Waals surface area (Å²) in [7, 11) is 1.43. The van der Waals surface area contributed by atoms with E-state index >= 15 is 0 Å². The van der Waals surface area contributed by atoms with Gasteiger partial charge in [-0.25, -0.2) is 4.39 Å². The molecule has 3 heteroatoms. The molecule has 0 spiro atoms. The van der Waals surface area contributed by atoms with E-state index in [-0.39, 0.29) is 11.3 Å². The van der Waals surface area contributed by atoms with Gasteiger partial charge >= 0.3 is 0 Å². The molecule has 0 saturated carbocycles. The highest BCUT2D eigenvalue weighted by molar-refractivity contribution is 6.07. The lowest BCUT2D eigenvalue weighted by molar-refractivity contribution is 0.104. The molecule has 0 saturated heterocycles. The lowest BCUT2D eigenvalue weighted by atomic mass is 10.1. The highest BCUT2D eigenvalue weighted by Crippen LogP contribution is 2.17. The average Bonchev–Trinajstić information content (AvgIpc) is 2.45. The van der Waals surface area contributed by atoms with Crippen molar-refractivity contribution in [3.63, 3.8) is 0 Å². The van der Waals surface area contributed by atoms with Crippen molar-refractivity contribution in [2.75, 3.05) is 7.11 Å². The quantitative estimate of drug-likeness (QED) is 0.615. The van der Waals surface area contributed by atoms with Crippen molar-refractivity contribution in [1.29, 1.82) is 0 Å². The summed E-state index contributed by atoms with van der Waals surface area (Å²) in [4.78, 5) is 11.9. The van der Waals surface area contributed by atoms with Gasteiger partial charge in [0.25, 0.3) is 0 Å². The van der Waals surface area contributed by atoms with Gasteiger partial charge in [-0.3, -0.25) is 4.79 Å². The summed E-state index contributed by atoms with van der Waals surface area (Å²) in [6.07, 6.45) is 3.11. The Bertz CT molecular complexity index is 603. The second kappa shape index (κ2) is 5.96. The molecule has 0 aliphatic heterocycles. The van der Waals surface area contributed by atoms with Crippen LogP contribution in [0, 0.1) is 5.82 Å². The van der Waals surface area contributed by atoms with E-state index in [9.17, 15) is 9.18 Å². The average molecular weight is 256 g/mol. The van der Waals surface area contributed by atoms with Gasteiger partial charge in [0.15, 0.2) is 5.78 Å². The molecular weight excluding hydrogens is 243 g/mol. The van der Waals surface area contributed by atoms with E-state index in [0.717, 1.165) is 5.56 Å². The fourth-order valence-electron chi connectivity index (χ4n) is 1.66. The van der Waals surface area contributed by atoms with Crippen molar-refractivity contribution in [3.05, 3.63) is 71.6 Å². The summed E-state index contributed by atoms with van der Waals surface area (Å²) in [5.41, 5.74) is 1.18. The van der Waals surface area contributed by atoms with E-state index in [4.69, 9.17) is 4.74 Å². The predicted octanol–water partition coefficient (Wildman–Crippen LogP) is 3.73. The maximum absolute atomic E-state index is 13.3. The van der Waals surface area contributed by atoms with E-state index in [1.165, 1.54) is 31.4 Å². The molecular formula is C16H13FO2. The first kappa shape index (κ1) is 13.0. The van der Waals surface area contributed by atoms with Crippen LogP contribution in [0.1, 0.15) is 15.9 Å². The molecule has 0 amide bonds. The smallest absolute Gasteiger partial charge is 0.186 e. The maximum atomic E-state index is 13.3. The molecule has 0 fully saturated rings. The summed E-state index contributed by atoms with van der Waals surface area (Å²) in [6, 6.07) is 13.4. The topological polar surface area (TPSA) is 26.3 Å². The van der Waals surface area contributed by atoms with Gasteiger partial charge in [-0.15, -0.1) is 0 Å². The van der Waals surface area contributed by atoms with Crippen molar-refractivity contribution in [2.45, 2.75) is 0 Å². The minimum Gasteiger partial charge on any atom is -0.497 e. The van der Waals surface area contributed by atoms with Crippen LogP contribution in [-0.4, -0.2) is 12.9 Å². The Morgan fingerprint density at radius 2 is 1.89 bits per heavy atom. The number of ether oxygens (including phenoxy) is 1. The number of carbonyl (C=O) groups is 1. The Hall–Kier alpha value is -2.42. The zero-order valence-corrected chi connectivity index (χ0v) is 10.5. The minimum atomic E-state index is -0.490. The van der Waals surface area contributed by atoms with Crippen LogP contribution in [-0.2, 0) is 0 Å². The van der Waals surface area contributed by atoms with E-state index in [1.807, 2.05) is 30.3 Å². The molecule has 0 N–H and O–H groups in total. The number of halogens is 1. The monoisotopic (exact) mass is 256 g/mol. The first-order valence-electron chi connectivity index (χ1n) is 5.81. The molecule has 2 aromatic rings. The summed E-state index contributed by atoms with van der Waals surface area (Å²) in [5.74, 6) is -0.422. The molecule has 0 unspecified atom stereocenters. The molecule has 2 rings (SSSR count). The molecule has 0 aromatic heterocycles. The summed E-state index contributed by atoms with van der Waals surface area (Å²) >= 11 is 0. The van der Waals surface area contributed by atoms with E-state index in [2.05, 4.69) is 0 Å². The normalized spacial score (nSPS) is 10.6. The number of allylic oxidation sites excluding steroid dienone is 1. The van der Waals surface area contributed by atoms with Gasteiger partial charge in [0.1, 0.15) is 11.6 Å². The number of rotatable bonds is 4. The van der Waals surface area contributed by atoms with Gasteiger partial charge in [0, 0.05) is 11.6 Å². The Labute approximate surface area is 111 Å². The molecule has 0 aliphatic rings. The fraction of sp³-hybridized carbons (Fsp3) is 0.0625. The highest BCUT2D eigenvalue weighted by atomic mass is 19.1. The van der Waals surface area contributed by atoms with Gasteiger partial charge < -0.3 is 4.74 Å². The number of hydrogen-bond donors (Lipinski definition) is 0. The van der Waals surface area contributed by atoms with Crippen LogP contribution in [0.25, 0.3) is 6.08 Å².